The van der Waals surface area contributed by atoms with Crippen molar-refractivity contribution in [3.8, 4) is 5.75 Å². The molecule has 0 heterocycles. The monoisotopic (exact) mass is 307 g/mol. The summed E-state index contributed by atoms with van der Waals surface area (Å²) in [4.78, 5) is 5.14. The largest absolute Gasteiger partial charge is 0.497 e. The maximum absolute atomic E-state index is 5.28. The van der Waals surface area contributed by atoms with Gasteiger partial charge in [-0.1, -0.05) is 49.1 Å². The summed E-state index contributed by atoms with van der Waals surface area (Å²) in [5, 5.41) is 0. The highest BCUT2D eigenvalue weighted by atomic mass is 16.5. The zero-order valence-corrected chi connectivity index (χ0v) is 14.1. The second kappa shape index (κ2) is 7.45. The Hall–Kier alpha value is -2.09. The van der Waals surface area contributed by atoms with Gasteiger partial charge in [-0.05, 0) is 44.0 Å². The third kappa shape index (κ3) is 4.01. The fraction of sp³-hybridized carbons (Fsp3) is 0.381. The Morgan fingerprint density at radius 1 is 0.870 bits per heavy atom. The lowest BCUT2D eigenvalue weighted by Gasteiger charge is -2.20. The second-order valence-corrected chi connectivity index (χ2v) is 6.36. The van der Waals surface area contributed by atoms with Gasteiger partial charge in [0.25, 0.3) is 0 Å². The van der Waals surface area contributed by atoms with Crippen molar-refractivity contribution in [1.29, 1.82) is 0 Å². The minimum Gasteiger partial charge on any atom is -0.497 e. The first kappa shape index (κ1) is 15.8. The van der Waals surface area contributed by atoms with Crippen molar-refractivity contribution < 1.29 is 4.74 Å². The number of aryl methyl sites for hydroxylation is 1. The molecule has 0 spiro atoms. The third-order valence-electron chi connectivity index (χ3n) is 4.57. The molecule has 1 fully saturated rings. The SMILES string of the molecule is COc1ccc(C(=NC2CCCCC2)c2ccc(C)cc2)cc1. The Kier molecular flexibility index (Phi) is 5.12. The van der Waals surface area contributed by atoms with E-state index in [1.54, 1.807) is 7.11 Å². The zero-order chi connectivity index (χ0) is 16.1. The van der Waals surface area contributed by atoms with Gasteiger partial charge in [0.15, 0.2) is 0 Å². The Balaban J connectivity index is 1.97. The predicted octanol–water partition coefficient (Wildman–Crippen LogP) is 5.17. The molecule has 0 radical (unpaired) electrons. The van der Waals surface area contributed by atoms with E-state index in [1.165, 1.54) is 48.8 Å². The van der Waals surface area contributed by atoms with Crippen molar-refractivity contribution in [2.75, 3.05) is 7.11 Å². The van der Waals surface area contributed by atoms with E-state index < -0.39 is 0 Å². The Morgan fingerprint density at radius 2 is 1.43 bits per heavy atom. The lowest BCUT2D eigenvalue weighted by molar-refractivity contribution is 0.415. The van der Waals surface area contributed by atoms with Crippen molar-refractivity contribution >= 4 is 5.71 Å². The smallest absolute Gasteiger partial charge is 0.118 e. The topological polar surface area (TPSA) is 21.6 Å². The maximum atomic E-state index is 5.28. The van der Waals surface area contributed by atoms with Gasteiger partial charge in [-0.3, -0.25) is 4.99 Å². The fourth-order valence-corrected chi connectivity index (χ4v) is 3.17. The summed E-state index contributed by atoms with van der Waals surface area (Å²) in [5.41, 5.74) is 4.76. The van der Waals surface area contributed by atoms with Crippen molar-refractivity contribution in [3.63, 3.8) is 0 Å². The molecule has 1 saturated carbocycles. The first-order valence-corrected chi connectivity index (χ1v) is 8.55. The summed E-state index contributed by atoms with van der Waals surface area (Å²) in [7, 11) is 1.70. The molecule has 0 unspecified atom stereocenters. The molecule has 0 N–H and O–H groups in total. The van der Waals surface area contributed by atoms with Gasteiger partial charge in [-0.25, -0.2) is 0 Å². The van der Waals surface area contributed by atoms with Crippen LogP contribution < -0.4 is 4.74 Å². The minimum absolute atomic E-state index is 0.460. The number of benzene rings is 2. The van der Waals surface area contributed by atoms with Crippen molar-refractivity contribution in [3.05, 3.63) is 65.2 Å². The van der Waals surface area contributed by atoms with Crippen LogP contribution >= 0.6 is 0 Å². The summed E-state index contributed by atoms with van der Waals surface area (Å²) in [6, 6.07) is 17.4. The van der Waals surface area contributed by atoms with Crippen LogP contribution in [-0.4, -0.2) is 18.9 Å². The van der Waals surface area contributed by atoms with E-state index in [4.69, 9.17) is 9.73 Å². The predicted molar refractivity (Wildman–Crippen MR) is 96.7 cm³/mol. The summed E-state index contributed by atoms with van der Waals surface area (Å²) >= 11 is 0. The van der Waals surface area contributed by atoms with Crippen LogP contribution in [0.4, 0.5) is 0 Å². The Bertz CT molecular complexity index is 649. The molecule has 0 aromatic heterocycles. The van der Waals surface area contributed by atoms with E-state index in [9.17, 15) is 0 Å². The number of hydrogen-bond donors (Lipinski definition) is 0. The highest BCUT2D eigenvalue weighted by molar-refractivity contribution is 6.13. The van der Waals surface area contributed by atoms with Gasteiger partial charge in [0.2, 0.25) is 0 Å². The molecule has 0 atom stereocenters. The third-order valence-corrected chi connectivity index (χ3v) is 4.57. The average molecular weight is 307 g/mol. The molecule has 0 saturated heterocycles. The Morgan fingerprint density at radius 3 is 2.00 bits per heavy atom. The lowest BCUT2D eigenvalue weighted by Crippen LogP contribution is -2.14. The van der Waals surface area contributed by atoms with Gasteiger partial charge < -0.3 is 4.74 Å². The number of rotatable bonds is 4. The average Bonchev–Trinajstić information content (AvgIpc) is 2.62. The van der Waals surface area contributed by atoms with Gasteiger partial charge in [-0.15, -0.1) is 0 Å². The molecule has 0 bridgehead atoms. The molecule has 23 heavy (non-hydrogen) atoms. The van der Waals surface area contributed by atoms with E-state index in [-0.39, 0.29) is 0 Å². The molecular formula is C21H25NO. The molecule has 3 rings (SSSR count). The molecule has 1 aliphatic rings. The van der Waals surface area contributed by atoms with Crippen LogP contribution in [0.2, 0.25) is 0 Å². The second-order valence-electron chi connectivity index (χ2n) is 6.36. The molecule has 2 heteroatoms. The van der Waals surface area contributed by atoms with Crippen LogP contribution in [-0.2, 0) is 0 Å². The molecule has 2 aromatic carbocycles. The van der Waals surface area contributed by atoms with Gasteiger partial charge in [0.1, 0.15) is 5.75 Å². The van der Waals surface area contributed by atoms with Crippen LogP contribution in [0, 0.1) is 6.92 Å². The summed E-state index contributed by atoms with van der Waals surface area (Å²) in [5.74, 6) is 0.884. The van der Waals surface area contributed by atoms with Gasteiger partial charge >= 0.3 is 0 Å². The molecule has 1 aliphatic carbocycles. The van der Waals surface area contributed by atoms with E-state index in [2.05, 4.69) is 43.3 Å². The summed E-state index contributed by atoms with van der Waals surface area (Å²) < 4.78 is 5.28. The number of ether oxygens (including phenoxy) is 1. The summed E-state index contributed by atoms with van der Waals surface area (Å²) in [6.45, 7) is 2.12. The molecule has 120 valence electrons. The van der Waals surface area contributed by atoms with Gasteiger partial charge in [0.05, 0.1) is 18.9 Å². The zero-order valence-electron chi connectivity index (χ0n) is 14.1. The standard InChI is InChI=1S/C21H25NO/c1-16-8-10-17(11-9-16)21(22-19-6-4-3-5-7-19)18-12-14-20(23-2)15-13-18/h8-15,19H,3-7H2,1-2H3. The molecular weight excluding hydrogens is 282 g/mol. The van der Waals surface area contributed by atoms with E-state index in [0.717, 1.165) is 11.5 Å². The minimum atomic E-state index is 0.460. The molecule has 2 aromatic rings. The van der Waals surface area contributed by atoms with E-state index in [1.807, 2.05) is 12.1 Å². The fourth-order valence-electron chi connectivity index (χ4n) is 3.17. The van der Waals surface area contributed by atoms with Gasteiger partial charge in [0, 0.05) is 11.1 Å². The normalized spacial score (nSPS) is 16.3. The van der Waals surface area contributed by atoms with Crippen molar-refractivity contribution in [1.82, 2.24) is 0 Å². The number of nitrogens with zero attached hydrogens (tertiary/aromatic N) is 1. The van der Waals surface area contributed by atoms with Crippen LogP contribution in [0.1, 0.15) is 48.8 Å². The quantitative estimate of drug-likeness (QED) is 0.714. The van der Waals surface area contributed by atoms with Crippen molar-refractivity contribution in [2.45, 2.75) is 45.1 Å². The maximum Gasteiger partial charge on any atom is 0.118 e. The van der Waals surface area contributed by atoms with Crippen LogP contribution in [0.15, 0.2) is 53.5 Å². The number of methoxy groups -OCH3 is 1. The first-order chi connectivity index (χ1) is 11.3. The lowest BCUT2D eigenvalue weighted by atomic mass is 9.94. The van der Waals surface area contributed by atoms with Crippen LogP contribution in [0.3, 0.4) is 0 Å². The first-order valence-electron chi connectivity index (χ1n) is 8.55. The molecule has 2 nitrogen and oxygen atoms in total. The van der Waals surface area contributed by atoms with Crippen molar-refractivity contribution in [2.24, 2.45) is 4.99 Å². The molecule has 0 aliphatic heterocycles. The Labute approximate surface area is 139 Å². The van der Waals surface area contributed by atoms with E-state index in [0.29, 0.717) is 6.04 Å². The highest BCUT2D eigenvalue weighted by Crippen LogP contribution is 2.23. The number of hydrogen-bond acceptors (Lipinski definition) is 2. The number of aliphatic imine (C=N–C) groups is 1. The van der Waals surface area contributed by atoms with Gasteiger partial charge in [-0.2, -0.15) is 0 Å². The highest BCUT2D eigenvalue weighted by Gasteiger charge is 2.15. The molecule has 0 amide bonds. The van der Waals surface area contributed by atoms with E-state index >= 15 is 0 Å². The summed E-state index contributed by atoms with van der Waals surface area (Å²) in [6.07, 6.45) is 6.39. The van der Waals surface area contributed by atoms with Crippen LogP contribution in [0.25, 0.3) is 0 Å². The van der Waals surface area contributed by atoms with Crippen LogP contribution in [0.5, 0.6) is 5.75 Å².